The highest BCUT2D eigenvalue weighted by Gasteiger charge is 2.15. The molecule has 0 rings (SSSR count). The first-order valence-electron chi connectivity index (χ1n) is 4.61. The van der Waals surface area contributed by atoms with Crippen molar-refractivity contribution in [2.75, 3.05) is 26.2 Å². The van der Waals surface area contributed by atoms with Crippen LogP contribution in [0.1, 0.15) is 20.8 Å². The predicted octanol–water partition coefficient (Wildman–Crippen LogP) is 1.29. The molecule has 0 aliphatic heterocycles. The van der Waals surface area contributed by atoms with E-state index in [1.165, 1.54) is 4.90 Å². The van der Waals surface area contributed by atoms with Gasteiger partial charge in [0.05, 0.1) is 6.07 Å². The molecule has 0 aliphatic rings. The van der Waals surface area contributed by atoms with Gasteiger partial charge in [-0.2, -0.15) is 5.26 Å². The fraction of sp³-hybridized carbons (Fsp3) is 0.778. The highest BCUT2D eigenvalue weighted by molar-refractivity contribution is 5.74. The summed E-state index contributed by atoms with van der Waals surface area (Å²) in [5.74, 6) is 0. The second-order valence-corrected chi connectivity index (χ2v) is 2.63. The molecule has 74 valence electrons. The first-order valence-corrected chi connectivity index (χ1v) is 4.61. The highest BCUT2D eigenvalue weighted by Crippen LogP contribution is 1.97. The van der Waals surface area contributed by atoms with Crippen molar-refractivity contribution in [3.8, 4) is 6.07 Å². The molecular formula is C9H17N3O. The number of urea groups is 1. The zero-order chi connectivity index (χ0) is 10.3. The molecule has 0 aromatic carbocycles. The number of carbonyl (C=O) groups excluding carboxylic acids is 1. The first-order chi connectivity index (χ1) is 6.21. The van der Waals surface area contributed by atoms with Crippen LogP contribution in [0.15, 0.2) is 0 Å². The Bertz CT molecular complexity index is 194. The van der Waals surface area contributed by atoms with E-state index < -0.39 is 0 Å². The largest absolute Gasteiger partial charge is 0.325 e. The van der Waals surface area contributed by atoms with E-state index in [0.717, 1.165) is 0 Å². The number of hydrogen-bond donors (Lipinski definition) is 0. The van der Waals surface area contributed by atoms with Crippen LogP contribution in [-0.2, 0) is 0 Å². The SMILES string of the molecule is CCN(CC)C(=O)N(CC)CC#N. The Hall–Kier alpha value is -1.24. The van der Waals surface area contributed by atoms with Gasteiger partial charge in [-0.05, 0) is 20.8 Å². The van der Waals surface area contributed by atoms with Crippen LogP contribution < -0.4 is 0 Å². The smallest absolute Gasteiger partial charge is 0.320 e. The molecule has 4 nitrogen and oxygen atoms in total. The summed E-state index contributed by atoms with van der Waals surface area (Å²) in [5, 5.41) is 8.48. The Labute approximate surface area is 79.7 Å². The average Bonchev–Trinajstić information content (AvgIpc) is 2.15. The maximum Gasteiger partial charge on any atom is 0.320 e. The number of amides is 2. The van der Waals surface area contributed by atoms with Gasteiger partial charge in [0.15, 0.2) is 0 Å². The Morgan fingerprint density at radius 2 is 1.62 bits per heavy atom. The van der Waals surface area contributed by atoms with Gasteiger partial charge in [-0.1, -0.05) is 0 Å². The van der Waals surface area contributed by atoms with Gasteiger partial charge in [0, 0.05) is 19.6 Å². The van der Waals surface area contributed by atoms with Crippen molar-refractivity contribution >= 4 is 6.03 Å². The van der Waals surface area contributed by atoms with Crippen LogP contribution in [-0.4, -0.2) is 42.0 Å². The Morgan fingerprint density at radius 3 is 1.92 bits per heavy atom. The molecule has 0 fully saturated rings. The fourth-order valence-electron chi connectivity index (χ4n) is 1.09. The van der Waals surface area contributed by atoms with Crippen molar-refractivity contribution in [3.05, 3.63) is 0 Å². The number of rotatable bonds is 4. The molecule has 0 spiro atoms. The van der Waals surface area contributed by atoms with E-state index in [1.807, 2.05) is 26.8 Å². The van der Waals surface area contributed by atoms with Crippen LogP contribution in [0, 0.1) is 11.3 Å². The van der Waals surface area contributed by atoms with Gasteiger partial charge in [0.2, 0.25) is 0 Å². The Kier molecular flexibility index (Phi) is 5.69. The molecular weight excluding hydrogens is 166 g/mol. The van der Waals surface area contributed by atoms with E-state index in [9.17, 15) is 4.79 Å². The minimum absolute atomic E-state index is 0.0472. The lowest BCUT2D eigenvalue weighted by Gasteiger charge is -2.26. The number of nitriles is 1. The molecule has 0 atom stereocenters. The molecule has 0 radical (unpaired) electrons. The van der Waals surface area contributed by atoms with Gasteiger partial charge in [-0.3, -0.25) is 0 Å². The summed E-state index contributed by atoms with van der Waals surface area (Å²) >= 11 is 0. The third-order valence-electron chi connectivity index (χ3n) is 1.95. The van der Waals surface area contributed by atoms with Crippen molar-refractivity contribution in [1.29, 1.82) is 5.26 Å². The third kappa shape index (κ3) is 3.32. The maximum atomic E-state index is 11.6. The molecule has 0 aromatic rings. The lowest BCUT2D eigenvalue weighted by molar-refractivity contribution is 0.165. The summed E-state index contributed by atoms with van der Waals surface area (Å²) in [5.41, 5.74) is 0. The molecule has 0 aromatic heterocycles. The second-order valence-electron chi connectivity index (χ2n) is 2.63. The van der Waals surface area contributed by atoms with Crippen LogP contribution in [0.3, 0.4) is 0 Å². The minimum atomic E-state index is -0.0472. The second kappa shape index (κ2) is 6.30. The molecule has 2 amide bonds. The lowest BCUT2D eigenvalue weighted by atomic mass is 10.5. The van der Waals surface area contributed by atoms with Gasteiger partial charge >= 0.3 is 6.03 Å². The number of carbonyl (C=O) groups is 1. The highest BCUT2D eigenvalue weighted by atomic mass is 16.2. The monoisotopic (exact) mass is 183 g/mol. The molecule has 0 aliphatic carbocycles. The zero-order valence-electron chi connectivity index (χ0n) is 8.58. The standard InChI is InChI=1S/C9H17N3O/c1-4-11(5-2)9(13)12(6-3)8-7-10/h4-6,8H2,1-3H3. The zero-order valence-corrected chi connectivity index (χ0v) is 8.58. The van der Waals surface area contributed by atoms with Crippen LogP contribution >= 0.6 is 0 Å². The van der Waals surface area contributed by atoms with E-state index in [4.69, 9.17) is 5.26 Å². The maximum absolute atomic E-state index is 11.6. The van der Waals surface area contributed by atoms with E-state index >= 15 is 0 Å². The molecule has 0 saturated carbocycles. The van der Waals surface area contributed by atoms with Gasteiger partial charge in [0.1, 0.15) is 6.54 Å². The number of nitrogens with zero attached hydrogens (tertiary/aromatic N) is 3. The first kappa shape index (κ1) is 11.8. The van der Waals surface area contributed by atoms with Gasteiger partial charge in [-0.15, -0.1) is 0 Å². The molecule has 0 unspecified atom stereocenters. The molecule has 0 heterocycles. The topological polar surface area (TPSA) is 47.3 Å². The average molecular weight is 183 g/mol. The van der Waals surface area contributed by atoms with Crippen molar-refractivity contribution in [2.45, 2.75) is 20.8 Å². The summed E-state index contributed by atoms with van der Waals surface area (Å²) in [6.45, 7) is 7.88. The Morgan fingerprint density at radius 1 is 1.15 bits per heavy atom. The van der Waals surface area contributed by atoms with Crippen molar-refractivity contribution < 1.29 is 4.79 Å². The van der Waals surface area contributed by atoms with Crippen molar-refractivity contribution in [3.63, 3.8) is 0 Å². The normalized spacial score (nSPS) is 9.08. The lowest BCUT2D eigenvalue weighted by Crippen LogP contribution is -2.43. The summed E-state index contributed by atoms with van der Waals surface area (Å²) in [7, 11) is 0. The molecule has 0 saturated heterocycles. The summed E-state index contributed by atoms with van der Waals surface area (Å²) < 4.78 is 0. The van der Waals surface area contributed by atoms with Crippen LogP contribution in [0.2, 0.25) is 0 Å². The quantitative estimate of drug-likeness (QED) is 0.617. The molecule has 0 N–H and O–H groups in total. The third-order valence-corrected chi connectivity index (χ3v) is 1.95. The summed E-state index contributed by atoms with van der Waals surface area (Å²) in [4.78, 5) is 14.9. The van der Waals surface area contributed by atoms with Crippen molar-refractivity contribution in [2.24, 2.45) is 0 Å². The van der Waals surface area contributed by atoms with E-state index in [2.05, 4.69) is 0 Å². The molecule has 4 heteroatoms. The van der Waals surface area contributed by atoms with Gasteiger partial charge in [0.25, 0.3) is 0 Å². The fourth-order valence-corrected chi connectivity index (χ4v) is 1.09. The molecule has 13 heavy (non-hydrogen) atoms. The summed E-state index contributed by atoms with van der Waals surface area (Å²) in [6, 6.07) is 1.93. The minimum Gasteiger partial charge on any atom is -0.325 e. The van der Waals surface area contributed by atoms with E-state index in [0.29, 0.717) is 19.6 Å². The van der Waals surface area contributed by atoms with E-state index in [1.54, 1.807) is 4.90 Å². The van der Waals surface area contributed by atoms with Gasteiger partial charge in [-0.25, -0.2) is 4.79 Å². The predicted molar refractivity (Wildman–Crippen MR) is 51.2 cm³/mol. The van der Waals surface area contributed by atoms with E-state index in [-0.39, 0.29) is 12.6 Å². The van der Waals surface area contributed by atoms with Crippen molar-refractivity contribution in [1.82, 2.24) is 9.80 Å². The van der Waals surface area contributed by atoms with Crippen LogP contribution in [0.5, 0.6) is 0 Å². The van der Waals surface area contributed by atoms with Gasteiger partial charge < -0.3 is 9.80 Å². The van der Waals surface area contributed by atoms with Crippen LogP contribution in [0.4, 0.5) is 4.79 Å². The summed E-state index contributed by atoms with van der Waals surface area (Å²) in [6.07, 6.45) is 0. The van der Waals surface area contributed by atoms with Crippen LogP contribution in [0.25, 0.3) is 0 Å². The Balaban J connectivity index is 4.26. The molecule has 0 bridgehead atoms. The number of hydrogen-bond acceptors (Lipinski definition) is 2.